The molecular weight excluding hydrogens is 361 g/mol. The third kappa shape index (κ3) is 4.06. The summed E-state index contributed by atoms with van der Waals surface area (Å²) in [4.78, 5) is 7.81. The van der Waals surface area contributed by atoms with Crippen molar-refractivity contribution in [3.05, 3.63) is 66.7 Å². The van der Waals surface area contributed by atoms with Gasteiger partial charge in [0, 0.05) is 0 Å². The van der Waals surface area contributed by atoms with Gasteiger partial charge in [0.05, 0.1) is 30.1 Å². The Morgan fingerprint density at radius 3 is 2.27 bits per heavy atom. The van der Waals surface area contributed by atoms with Gasteiger partial charge in [-0.2, -0.15) is 0 Å². The molecule has 0 fully saturated rings. The SMILES string of the molecule is COc1ccc(S(=O)(=O)Nc2cnc(Oc3ccccc3F)nc2)cc1. The fourth-order valence-electron chi connectivity index (χ4n) is 2.02. The highest BCUT2D eigenvalue weighted by atomic mass is 32.2. The third-order valence-corrected chi connectivity index (χ3v) is 4.69. The second-order valence-electron chi connectivity index (χ2n) is 5.07. The van der Waals surface area contributed by atoms with Gasteiger partial charge in [-0.05, 0) is 36.4 Å². The molecule has 0 aliphatic carbocycles. The molecule has 1 N–H and O–H groups in total. The molecule has 2 aromatic carbocycles. The van der Waals surface area contributed by atoms with Crippen molar-refractivity contribution in [3.63, 3.8) is 0 Å². The standard InChI is InChI=1S/C17H14FN3O4S/c1-24-13-6-8-14(9-7-13)26(22,23)21-12-10-19-17(20-11-12)25-16-5-3-2-4-15(16)18/h2-11,21H,1H3. The number of nitrogens with zero attached hydrogens (tertiary/aromatic N) is 2. The highest BCUT2D eigenvalue weighted by Gasteiger charge is 2.15. The first-order valence-corrected chi connectivity index (χ1v) is 8.87. The fourth-order valence-corrected chi connectivity index (χ4v) is 3.04. The van der Waals surface area contributed by atoms with Crippen LogP contribution < -0.4 is 14.2 Å². The summed E-state index contributed by atoms with van der Waals surface area (Å²) in [5, 5.41) is 0. The van der Waals surface area contributed by atoms with Crippen LogP contribution in [0.5, 0.6) is 17.5 Å². The molecule has 0 aliphatic rings. The van der Waals surface area contributed by atoms with E-state index in [-0.39, 0.29) is 22.3 Å². The second kappa shape index (κ2) is 7.36. The normalized spacial score (nSPS) is 11.0. The van der Waals surface area contributed by atoms with E-state index < -0.39 is 15.8 Å². The maximum absolute atomic E-state index is 13.5. The maximum atomic E-state index is 13.5. The Balaban J connectivity index is 1.73. The van der Waals surface area contributed by atoms with Crippen LogP contribution in [0.25, 0.3) is 0 Å². The summed E-state index contributed by atoms with van der Waals surface area (Å²) < 4.78 is 50.8. The van der Waals surface area contributed by atoms with E-state index in [9.17, 15) is 12.8 Å². The topological polar surface area (TPSA) is 90.4 Å². The molecule has 0 radical (unpaired) electrons. The molecule has 3 aromatic rings. The lowest BCUT2D eigenvalue weighted by Gasteiger charge is -2.09. The molecule has 134 valence electrons. The maximum Gasteiger partial charge on any atom is 0.322 e. The molecular formula is C17H14FN3O4S. The Kier molecular flexibility index (Phi) is 4.99. The molecule has 1 heterocycles. The van der Waals surface area contributed by atoms with Crippen LogP contribution in [0.1, 0.15) is 0 Å². The number of anilines is 1. The lowest BCUT2D eigenvalue weighted by Crippen LogP contribution is -2.13. The molecule has 9 heteroatoms. The predicted octanol–water partition coefficient (Wildman–Crippen LogP) is 3.22. The van der Waals surface area contributed by atoms with Gasteiger partial charge < -0.3 is 9.47 Å². The zero-order chi connectivity index (χ0) is 18.6. The molecule has 3 rings (SSSR count). The van der Waals surface area contributed by atoms with Crippen molar-refractivity contribution in [2.45, 2.75) is 4.90 Å². The number of para-hydroxylation sites is 1. The summed E-state index contributed by atoms with van der Waals surface area (Å²) in [6.07, 6.45) is 2.45. The van der Waals surface area contributed by atoms with Gasteiger partial charge in [-0.15, -0.1) is 0 Å². The second-order valence-corrected chi connectivity index (χ2v) is 6.75. The molecule has 7 nitrogen and oxygen atoms in total. The van der Waals surface area contributed by atoms with E-state index >= 15 is 0 Å². The molecule has 0 bridgehead atoms. The monoisotopic (exact) mass is 375 g/mol. The average Bonchev–Trinajstić information content (AvgIpc) is 2.65. The van der Waals surface area contributed by atoms with Gasteiger partial charge in [-0.3, -0.25) is 4.72 Å². The summed E-state index contributed by atoms with van der Waals surface area (Å²) in [7, 11) is -2.31. The molecule has 0 saturated heterocycles. The zero-order valence-electron chi connectivity index (χ0n) is 13.6. The molecule has 0 unspecified atom stereocenters. The van der Waals surface area contributed by atoms with Crippen LogP contribution in [0.4, 0.5) is 10.1 Å². The summed E-state index contributed by atoms with van der Waals surface area (Å²) in [6.45, 7) is 0. The number of rotatable bonds is 6. The van der Waals surface area contributed by atoms with Gasteiger partial charge in [0.15, 0.2) is 11.6 Å². The number of aromatic nitrogens is 2. The molecule has 1 aromatic heterocycles. The van der Waals surface area contributed by atoms with Crippen LogP contribution >= 0.6 is 0 Å². The first kappa shape index (κ1) is 17.6. The Hall–Kier alpha value is -3.20. The lowest BCUT2D eigenvalue weighted by atomic mass is 10.3. The number of ether oxygens (including phenoxy) is 2. The van der Waals surface area contributed by atoms with Gasteiger partial charge in [0.2, 0.25) is 0 Å². The quantitative estimate of drug-likeness (QED) is 0.711. The van der Waals surface area contributed by atoms with E-state index in [1.54, 1.807) is 6.07 Å². The number of sulfonamides is 1. The predicted molar refractivity (Wildman–Crippen MR) is 92.3 cm³/mol. The number of methoxy groups -OCH3 is 1. The van der Waals surface area contributed by atoms with E-state index in [4.69, 9.17) is 9.47 Å². The van der Waals surface area contributed by atoms with Crippen LogP contribution in [0.3, 0.4) is 0 Å². The van der Waals surface area contributed by atoms with Crippen molar-refractivity contribution in [1.82, 2.24) is 9.97 Å². The molecule has 0 spiro atoms. The van der Waals surface area contributed by atoms with E-state index in [1.165, 1.54) is 62.0 Å². The van der Waals surface area contributed by atoms with E-state index in [0.717, 1.165) is 0 Å². The molecule has 0 saturated carbocycles. The van der Waals surface area contributed by atoms with Crippen molar-refractivity contribution in [1.29, 1.82) is 0 Å². The third-order valence-electron chi connectivity index (χ3n) is 3.29. The summed E-state index contributed by atoms with van der Waals surface area (Å²) in [5.41, 5.74) is 0.140. The van der Waals surface area contributed by atoms with E-state index in [2.05, 4.69) is 14.7 Å². The lowest BCUT2D eigenvalue weighted by molar-refractivity contribution is 0.411. The van der Waals surface area contributed by atoms with Crippen molar-refractivity contribution >= 4 is 15.7 Å². The summed E-state index contributed by atoms with van der Waals surface area (Å²) in [5.74, 6) is -0.0404. The first-order valence-electron chi connectivity index (χ1n) is 7.39. The highest BCUT2D eigenvalue weighted by Crippen LogP contribution is 2.22. The van der Waals surface area contributed by atoms with Crippen LogP contribution in [-0.2, 0) is 10.0 Å². The fraction of sp³-hybridized carbons (Fsp3) is 0.0588. The highest BCUT2D eigenvalue weighted by molar-refractivity contribution is 7.92. The number of hydrogen-bond acceptors (Lipinski definition) is 6. The van der Waals surface area contributed by atoms with Crippen LogP contribution in [-0.4, -0.2) is 25.5 Å². The first-order chi connectivity index (χ1) is 12.5. The Bertz CT molecular complexity index is 993. The Morgan fingerprint density at radius 1 is 1.00 bits per heavy atom. The summed E-state index contributed by atoms with van der Waals surface area (Å²) >= 11 is 0. The van der Waals surface area contributed by atoms with Crippen LogP contribution in [0.2, 0.25) is 0 Å². The molecule has 26 heavy (non-hydrogen) atoms. The van der Waals surface area contributed by atoms with E-state index in [1.807, 2.05) is 0 Å². The van der Waals surface area contributed by atoms with Gasteiger partial charge in [-0.1, -0.05) is 12.1 Å². The Labute approximate surface area is 149 Å². The number of halogens is 1. The number of benzene rings is 2. The smallest absolute Gasteiger partial charge is 0.322 e. The minimum atomic E-state index is -3.80. The van der Waals surface area contributed by atoms with Crippen LogP contribution in [0, 0.1) is 5.82 Å². The van der Waals surface area contributed by atoms with Crippen molar-refractivity contribution in [2.75, 3.05) is 11.8 Å². The molecule has 0 amide bonds. The number of nitrogens with one attached hydrogen (secondary N) is 1. The van der Waals surface area contributed by atoms with Gasteiger partial charge in [0.1, 0.15) is 5.75 Å². The largest absolute Gasteiger partial charge is 0.497 e. The van der Waals surface area contributed by atoms with Crippen molar-refractivity contribution in [3.8, 4) is 17.5 Å². The van der Waals surface area contributed by atoms with E-state index in [0.29, 0.717) is 5.75 Å². The Morgan fingerprint density at radius 2 is 1.65 bits per heavy atom. The molecule has 0 aliphatic heterocycles. The summed E-state index contributed by atoms with van der Waals surface area (Å²) in [6, 6.07) is 11.6. The average molecular weight is 375 g/mol. The van der Waals surface area contributed by atoms with Gasteiger partial charge in [-0.25, -0.2) is 22.8 Å². The minimum absolute atomic E-state index is 0.0286. The molecule has 0 atom stereocenters. The van der Waals surface area contributed by atoms with Gasteiger partial charge >= 0.3 is 6.01 Å². The van der Waals surface area contributed by atoms with Crippen molar-refractivity contribution < 1.29 is 22.3 Å². The van der Waals surface area contributed by atoms with Crippen LogP contribution in [0.15, 0.2) is 65.8 Å². The minimum Gasteiger partial charge on any atom is -0.497 e. The van der Waals surface area contributed by atoms with Gasteiger partial charge in [0.25, 0.3) is 10.0 Å². The number of hydrogen-bond donors (Lipinski definition) is 1. The zero-order valence-corrected chi connectivity index (χ0v) is 14.4. The van der Waals surface area contributed by atoms with Crippen molar-refractivity contribution in [2.24, 2.45) is 0 Å².